The SMILES string of the molecule is CCCCCNCC1CCc2ccc(OC(=O)C(=O)Oc3ccc4c(c3)OC(CNCCCCC)CC4)cc2O1. The van der Waals surface area contributed by atoms with Crippen LogP contribution in [-0.2, 0) is 22.4 Å². The van der Waals surface area contributed by atoms with Gasteiger partial charge in [-0.15, -0.1) is 0 Å². The van der Waals surface area contributed by atoms with E-state index >= 15 is 0 Å². The van der Waals surface area contributed by atoms with Crippen LogP contribution in [0, 0.1) is 0 Å². The summed E-state index contributed by atoms with van der Waals surface area (Å²) in [6, 6.07) is 10.5. The third kappa shape index (κ3) is 8.96. The molecule has 2 aliphatic rings. The largest absolute Gasteiger partial charge is 0.489 e. The van der Waals surface area contributed by atoms with Crippen molar-refractivity contribution in [3.8, 4) is 23.0 Å². The lowest BCUT2D eigenvalue weighted by Crippen LogP contribution is -2.34. The molecule has 0 saturated carbocycles. The van der Waals surface area contributed by atoms with Crippen LogP contribution >= 0.6 is 0 Å². The highest BCUT2D eigenvalue weighted by molar-refractivity contribution is 6.31. The van der Waals surface area contributed by atoms with Crippen molar-refractivity contribution in [2.24, 2.45) is 0 Å². The van der Waals surface area contributed by atoms with Crippen LogP contribution in [0.15, 0.2) is 36.4 Å². The summed E-state index contributed by atoms with van der Waals surface area (Å²) in [5, 5.41) is 6.92. The summed E-state index contributed by atoms with van der Waals surface area (Å²) in [5.41, 5.74) is 2.13. The lowest BCUT2D eigenvalue weighted by Gasteiger charge is -2.27. The van der Waals surface area contributed by atoms with Crippen LogP contribution < -0.4 is 29.6 Å². The van der Waals surface area contributed by atoms with Gasteiger partial charge >= 0.3 is 11.9 Å². The van der Waals surface area contributed by atoms with Gasteiger partial charge in [0.25, 0.3) is 0 Å². The van der Waals surface area contributed by atoms with Crippen molar-refractivity contribution < 1.29 is 28.5 Å². The standard InChI is InChI=1S/C32H44N2O6/c1-3-5-7-17-33-21-27-15-11-23-9-13-25(19-29(23)37-27)39-31(35)32(36)40-26-14-10-24-12-16-28(38-30(24)20-26)22-34-18-8-6-4-2/h9-10,13-14,19-20,27-28,33-34H,3-8,11-12,15-18,21-22H2,1-2H3. The van der Waals surface area contributed by atoms with Crippen molar-refractivity contribution in [3.05, 3.63) is 47.5 Å². The van der Waals surface area contributed by atoms with Crippen molar-refractivity contribution in [3.63, 3.8) is 0 Å². The Labute approximate surface area is 238 Å². The molecule has 2 unspecified atom stereocenters. The first-order valence-electron chi connectivity index (χ1n) is 15.0. The number of nitrogens with one attached hydrogen (secondary N) is 2. The lowest BCUT2D eigenvalue weighted by atomic mass is 10.0. The highest BCUT2D eigenvalue weighted by atomic mass is 16.6. The molecule has 0 spiro atoms. The maximum Gasteiger partial charge on any atom is 0.423 e. The first-order chi connectivity index (χ1) is 19.6. The summed E-state index contributed by atoms with van der Waals surface area (Å²) >= 11 is 0. The van der Waals surface area contributed by atoms with E-state index in [9.17, 15) is 9.59 Å². The number of carbonyl (C=O) groups excluding carboxylic acids is 2. The Morgan fingerprint density at radius 2 is 1.18 bits per heavy atom. The Bertz CT molecular complexity index is 1030. The van der Waals surface area contributed by atoms with Gasteiger partial charge in [0.15, 0.2) is 0 Å². The number of fused-ring (bicyclic) bond motifs is 2. The second-order valence-corrected chi connectivity index (χ2v) is 10.7. The maximum absolute atomic E-state index is 12.5. The fourth-order valence-electron chi connectivity index (χ4n) is 5.05. The Hall–Kier alpha value is -3.10. The Morgan fingerprint density at radius 1 is 0.725 bits per heavy atom. The van der Waals surface area contributed by atoms with E-state index in [0.29, 0.717) is 11.5 Å². The molecule has 0 fully saturated rings. The highest BCUT2D eigenvalue weighted by Gasteiger charge is 2.25. The minimum Gasteiger partial charge on any atom is -0.489 e. The molecule has 2 aromatic rings. The summed E-state index contributed by atoms with van der Waals surface area (Å²) in [6.07, 6.45) is 10.9. The minimum absolute atomic E-state index is 0.0627. The lowest BCUT2D eigenvalue weighted by molar-refractivity contribution is -0.156. The van der Waals surface area contributed by atoms with Gasteiger partial charge in [0.1, 0.15) is 35.2 Å². The molecule has 4 rings (SSSR count). The van der Waals surface area contributed by atoms with Crippen LogP contribution in [0.2, 0.25) is 0 Å². The third-order valence-electron chi connectivity index (χ3n) is 7.38. The average molecular weight is 553 g/mol. The van der Waals surface area contributed by atoms with E-state index in [1.165, 1.54) is 25.7 Å². The number of hydrogen-bond acceptors (Lipinski definition) is 8. The molecule has 8 nitrogen and oxygen atoms in total. The van der Waals surface area contributed by atoms with Crippen LogP contribution in [0.25, 0.3) is 0 Å². The van der Waals surface area contributed by atoms with Crippen molar-refractivity contribution >= 4 is 11.9 Å². The average Bonchev–Trinajstić information content (AvgIpc) is 2.96. The first kappa shape index (κ1) is 29.9. The van der Waals surface area contributed by atoms with Gasteiger partial charge in [-0.05, 0) is 74.9 Å². The van der Waals surface area contributed by atoms with Gasteiger partial charge in [0.2, 0.25) is 0 Å². The third-order valence-corrected chi connectivity index (χ3v) is 7.38. The number of hydrogen-bond donors (Lipinski definition) is 2. The molecule has 2 aliphatic heterocycles. The predicted octanol–water partition coefficient (Wildman–Crippen LogP) is 5.14. The van der Waals surface area contributed by atoms with Gasteiger partial charge in [0, 0.05) is 25.2 Å². The van der Waals surface area contributed by atoms with Crippen molar-refractivity contribution in [2.75, 3.05) is 26.2 Å². The molecule has 40 heavy (non-hydrogen) atoms. The normalized spacial score (nSPS) is 17.6. The van der Waals surface area contributed by atoms with Gasteiger partial charge < -0.3 is 29.6 Å². The zero-order valence-electron chi connectivity index (χ0n) is 24.0. The van der Waals surface area contributed by atoms with Gasteiger partial charge in [-0.1, -0.05) is 51.7 Å². The monoisotopic (exact) mass is 552 g/mol. The van der Waals surface area contributed by atoms with E-state index in [0.717, 1.165) is 75.8 Å². The summed E-state index contributed by atoms with van der Waals surface area (Å²) in [4.78, 5) is 25.0. The zero-order chi connectivity index (χ0) is 28.2. The predicted molar refractivity (Wildman–Crippen MR) is 154 cm³/mol. The number of aryl methyl sites for hydroxylation is 2. The van der Waals surface area contributed by atoms with E-state index in [4.69, 9.17) is 18.9 Å². The highest BCUT2D eigenvalue weighted by Crippen LogP contribution is 2.33. The second kappa shape index (κ2) is 15.6. The Morgan fingerprint density at radius 3 is 1.60 bits per heavy atom. The van der Waals surface area contributed by atoms with Crippen LogP contribution in [-0.4, -0.2) is 50.3 Å². The fraction of sp³-hybridized carbons (Fsp3) is 0.562. The topological polar surface area (TPSA) is 95.1 Å². The molecule has 2 N–H and O–H groups in total. The second-order valence-electron chi connectivity index (χ2n) is 10.7. The van der Waals surface area contributed by atoms with Gasteiger partial charge in [-0.25, -0.2) is 9.59 Å². The number of esters is 2. The minimum atomic E-state index is -1.09. The van der Waals surface area contributed by atoms with Crippen LogP contribution in [0.1, 0.15) is 76.3 Å². The van der Waals surface area contributed by atoms with E-state index in [1.54, 1.807) is 24.3 Å². The van der Waals surface area contributed by atoms with E-state index in [1.807, 2.05) is 12.1 Å². The van der Waals surface area contributed by atoms with Crippen molar-refractivity contribution in [2.45, 2.75) is 90.3 Å². The van der Waals surface area contributed by atoms with E-state index in [-0.39, 0.29) is 23.7 Å². The molecule has 218 valence electrons. The number of ether oxygens (including phenoxy) is 4. The smallest absolute Gasteiger partial charge is 0.423 e. The molecule has 0 amide bonds. The molecule has 2 aromatic carbocycles. The molecular weight excluding hydrogens is 508 g/mol. The van der Waals surface area contributed by atoms with Crippen LogP contribution in [0.4, 0.5) is 0 Å². The van der Waals surface area contributed by atoms with E-state index < -0.39 is 11.9 Å². The van der Waals surface area contributed by atoms with Crippen LogP contribution in [0.3, 0.4) is 0 Å². The molecule has 0 bridgehead atoms. The molecular formula is C32H44N2O6. The molecule has 2 heterocycles. The molecule has 0 aromatic heterocycles. The number of benzene rings is 2. The molecule has 8 heteroatoms. The fourth-order valence-corrected chi connectivity index (χ4v) is 5.05. The van der Waals surface area contributed by atoms with Gasteiger partial charge in [-0.3, -0.25) is 0 Å². The summed E-state index contributed by atoms with van der Waals surface area (Å²) in [5.74, 6) is -0.297. The zero-order valence-corrected chi connectivity index (χ0v) is 24.0. The van der Waals surface area contributed by atoms with Gasteiger partial charge in [-0.2, -0.15) is 0 Å². The quantitative estimate of drug-likeness (QED) is 0.144. The molecule has 2 atom stereocenters. The van der Waals surface area contributed by atoms with Crippen LogP contribution in [0.5, 0.6) is 23.0 Å². The molecule has 0 aliphatic carbocycles. The number of unbranched alkanes of at least 4 members (excludes halogenated alkanes) is 4. The van der Waals surface area contributed by atoms with Crippen molar-refractivity contribution in [1.82, 2.24) is 10.6 Å². The number of rotatable bonds is 14. The number of carbonyl (C=O) groups is 2. The first-order valence-corrected chi connectivity index (χ1v) is 15.0. The summed E-state index contributed by atoms with van der Waals surface area (Å²) < 4.78 is 22.9. The maximum atomic E-state index is 12.5. The molecule has 0 saturated heterocycles. The molecule has 0 radical (unpaired) electrons. The Balaban J connectivity index is 1.26. The Kier molecular flexibility index (Phi) is 11.7. The van der Waals surface area contributed by atoms with Gasteiger partial charge in [0.05, 0.1) is 0 Å². The van der Waals surface area contributed by atoms with Crippen molar-refractivity contribution in [1.29, 1.82) is 0 Å². The summed E-state index contributed by atoms with van der Waals surface area (Å²) in [7, 11) is 0. The summed E-state index contributed by atoms with van der Waals surface area (Å²) in [6.45, 7) is 7.90. The van der Waals surface area contributed by atoms with E-state index in [2.05, 4.69) is 24.5 Å².